The second-order valence-electron chi connectivity index (χ2n) is 8.94. The molecule has 0 radical (unpaired) electrons. The van der Waals surface area contributed by atoms with Crippen LogP contribution in [-0.2, 0) is 0 Å². The lowest BCUT2D eigenvalue weighted by atomic mass is 9.82. The number of phenols is 4. The van der Waals surface area contributed by atoms with E-state index in [1.807, 2.05) is 0 Å². The summed E-state index contributed by atoms with van der Waals surface area (Å²) in [5, 5.41) is 61.1. The number of nitrogens with zero attached hydrogens (tertiary/aromatic N) is 2. The molecule has 2 aliphatic rings. The minimum atomic E-state index is -0.820. The molecule has 0 atom stereocenters. The van der Waals surface area contributed by atoms with Crippen LogP contribution >= 0.6 is 0 Å². The molecule has 208 valence electrons. The van der Waals surface area contributed by atoms with Crippen LogP contribution in [0.3, 0.4) is 0 Å². The van der Waals surface area contributed by atoms with Gasteiger partial charge in [0.25, 0.3) is 11.4 Å². The molecule has 4 aromatic carbocycles. The number of carbonyl (C=O) groups excluding carboxylic acids is 4. The van der Waals surface area contributed by atoms with E-state index in [0.717, 1.165) is 24.3 Å². The first-order valence-corrected chi connectivity index (χ1v) is 11.7. The Morgan fingerprint density at radius 1 is 0.429 bits per heavy atom. The molecule has 14 heteroatoms. The number of hydrogen-bond donors (Lipinski definition) is 4. The van der Waals surface area contributed by atoms with Gasteiger partial charge in [-0.1, -0.05) is 24.3 Å². The van der Waals surface area contributed by atoms with Gasteiger partial charge in [0.1, 0.15) is 34.1 Å². The minimum Gasteiger partial charge on any atom is -0.507 e. The van der Waals surface area contributed by atoms with E-state index in [1.165, 1.54) is 36.4 Å². The van der Waals surface area contributed by atoms with Gasteiger partial charge >= 0.3 is 0 Å². The summed E-state index contributed by atoms with van der Waals surface area (Å²) in [5.74, 6) is -5.11. The van der Waals surface area contributed by atoms with Crippen molar-refractivity contribution in [2.24, 2.45) is 0 Å². The highest BCUT2D eigenvalue weighted by molar-refractivity contribution is 6.32. The van der Waals surface area contributed by atoms with Crippen molar-refractivity contribution in [2.45, 2.75) is 0 Å². The molecule has 42 heavy (non-hydrogen) atoms. The summed E-state index contributed by atoms with van der Waals surface area (Å²) in [5.41, 5.74) is -3.71. The van der Waals surface area contributed by atoms with Crippen LogP contribution in [0.2, 0.25) is 0 Å². The van der Waals surface area contributed by atoms with Crippen LogP contribution < -0.4 is 0 Å². The summed E-state index contributed by atoms with van der Waals surface area (Å²) in [4.78, 5) is 70.0. The fourth-order valence-corrected chi connectivity index (χ4v) is 4.84. The van der Waals surface area contributed by atoms with Crippen molar-refractivity contribution in [3.05, 3.63) is 125 Å². The maximum atomic E-state index is 12.4. The van der Waals surface area contributed by atoms with Gasteiger partial charge in [-0.2, -0.15) is 0 Å². The average molecular weight is 570 g/mol. The number of ketones is 4. The zero-order valence-electron chi connectivity index (χ0n) is 20.7. The van der Waals surface area contributed by atoms with Crippen molar-refractivity contribution in [1.82, 2.24) is 0 Å². The zero-order chi connectivity index (χ0) is 30.6. The van der Waals surface area contributed by atoms with E-state index in [2.05, 4.69) is 0 Å². The Bertz CT molecular complexity index is 1820. The molecule has 0 spiro atoms. The van der Waals surface area contributed by atoms with Crippen molar-refractivity contribution in [2.75, 3.05) is 0 Å². The van der Waals surface area contributed by atoms with Crippen molar-refractivity contribution < 1.29 is 49.5 Å². The summed E-state index contributed by atoms with van der Waals surface area (Å²) in [7, 11) is 0. The average Bonchev–Trinajstić information content (AvgIpc) is 2.94. The van der Waals surface area contributed by atoms with Gasteiger partial charge in [-0.25, -0.2) is 0 Å². The van der Waals surface area contributed by atoms with E-state index >= 15 is 0 Å². The highest BCUT2D eigenvalue weighted by Gasteiger charge is 2.40. The summed E-state index contributed by atoms with van der Waals surface area (Å²) < 4.78 is 0. The second kappa shape index (κ2) is 9.63. The Hall–Kier alpha value is -6.44. The lowest BCUT2D eigenvalue weighted by Gasteiger charge is -2.18. The third-order valence-corrected chi connectivity index (χ3v) is 6.65. The normalized spacial score (nSPS) is 12.8. The molecule has 2 aliphatic carbocycles. The van der Waals surface area contributed by atoms with Crippen LogP contribution in [0.25, 0.3) is 0 Å². The summed E-state index contributed by atoms with van der Waals surface area (Å²) in [6, 6.07) is 11.7. The first-order chi connectivity index (χ1) is 19.9. The molecule has 0 aliphatic heterocycles. The summed E-state index contributed by atoms with van der Waals surface area (Å²) >= 11 is 0. The van der Waals surface area contributed by atoms with E-state index in [0.29, 0.717) is 0 Å². The predicted molar refractivity (Wildman–Crippen MR) is 139 cm³/mol. The van der Waals surface area contributed by atoms with E-state index in [-0.39, 0.29) is 22.3 Å². The highest BCUT2D eigenvalue weighted by atomic mass is 16.6. The molecule has 0 saturated carbocycles. The minimum absolute atomic E-state index is 0.124. The van der Waals surface area contributed by atoms with Gasteiger partial charge in [-0.3, -0.25) is 39.4 Å². The van der Waals surface area contributed by atoms with Crippen molar-refractivity contribution in [3.8, 4) is 23.0 Å². The van der Waals surface area contributed by atoms with E-state index in [4.69, 9.17) is 0 Å². The first-order valence-electron chi connectivity index (χ1n) is 11.7. The third-order valence-electron chi connectivity index (χ3n) is 6.65. The van der Waals surface area contributed by atoms with Crippen LogP contribution in [0.1, 0.15) is 63.7 Å². The van der Waals surface area contributed by atoms with E-state index in [9.17, 15) is 59.8 Å². The van der Waals surface area contributed by atoms with Gasteiger partial charge in [0.2, 0.25) is 23.1 Å². The Morgan fingerprint density at radius 2 is 0.762 bits per heavy atom. The lowest BCUT2D eigenvalue weighted by molar-refractivity contribution is -0.385. The van der Waals surface area contributed by atoms with E-state index in [1.54, 1.807) is 0 Å². The molecule has 0 fully saturated rings. The quantitative estimate of drug-likeness (QED) is 0.173. The third kappa shape index (κ3) is 3.90. The molecule has 0 saturated heterocycles. The second-order valence-corrected chi connectivity index (χ2v) is 8.94. The van der Waals surface area contributed by atoms with E-state index < -0.39 is 89.6 Å². The van der Waals surface area contributed by atoms with Crippen LogP contribution in [-0.4, -0.2) is 53.4 Å². The number of benzene rings is 4. The smallest absolute Gasteiger partial charge is 0.281 e. The zero-order valence-corrected chi connectivity index (χ0v) is 20.7. The number of aromatic hydroxyl groups is 4. The molecule has 0 bridgehead atoms. The molecule has 0 unspecified atom stereocenters. The topological polar surface area (TPSA) is 235 Å². The number of nitro groups is 2. The summed E-state index contributed by atoms with van der Waals surface area (Å²) in [6.07, 6.45) is 0. The van der Waals surface area contributed by atoms with Crippen LogP contribution in [0, 0.1) is 20.2 Å². The van der Waals surface area contributed by atoms with Crippen LogP contribution in [0.4, 0.5) is 11.4 Å². The SMILES string of the molecule is O=C1c2c(O)cccc2C(=O)c2c([N+](=O)[O-])ccc(O)c21.O=C1c2c(O)cccc2C(=O)c2c([N+](=O)[O-])ccc(O)c21. The standard InChI is InChI=1S/2C14H7NO6/c2*16-8-3-1-2-6-10(8)14(19)12-9(17)5-4-7(15(20)21)11(12)13(6)18/h2*1-5,16-17H. The maximum Gasteiger partial charge on any atom is 0.281 e. The fourth-order valence-electron chi connectivity index (χ4n) is 4.84. The number of carbonyl (C=O) groups is 4. The van der Waals surface area contributed by atoms with Crippen molar-refractivity contribution in [3.63, 3.8) is 0 Å². The Morgan fingerprint density at radius 3 is 1.10 bits per heavy atom. The van der Waals surface area contributed by atoms with Gasteiger partial charge in [-0.15, -0.1) is 0 Å². The molecular formula is C28H14N2O12. The molecule has 14 nitrogen and oxygen atoms in total. The molecule has 6 rings (SSSR count). The Kier molecular flexibility index (Phi) is 6.23. The molecule has 0 amide bonds. The Labute approximate surface area is 232 Å². The van der Waals surface area contributed by atoms with Gasteiger partial charge in [-0.05, 0) is 24.3 Å². The van der Waals surface area contributed by atoms with Crippen LogP contribution in [0.5, 0.6) is 23.0 Å². The molecule has 4 N–H and O–H groups in total. The van der Waals surface area contributed by atoms with Gasteiger partial charge < -0.3 is 20.4 Å². The number of rotatable bonds is 2. The van der Waals surface area contributed by atoms with Gasteiger partial charge in [0, 0.05) is 23.3 Å². The molecule has 4 aromatic rings. The first kappa shape index (κ1) is 27.1. The van der Waals surface area contributed by atoms with Crippen LogP contribution in [0.15, 0.2) is 60.7 Å². The number of nitro benzene ring substituents is 2. The maximum absolute atomic E-state index is 12.4. The fraction of sp³-hybridized carbons (Fsp3) is 0. The predicted octanol–water partition coefficient (Wildman–Crippen LogP) is 3.56. The lowest BCUT2D eigenvalue weighted by Crippen LogP contribution is -2.22. The number of hydrogen-bond acceptors (Lipinski definition) is 12. The van der Waals surface area contributed by atoms with Gasteiger partial charge in [0.05, 0.1) is 32.1 Å². The largest absolute Gasteiger partial charge is 0.507 e. The molecular weight excluding hydrogens is 556 g/mol. The Balaban J connectivity index is 0.000000168. The van der Waals surface area contributed by atoms with Crippen molar-refractivity contribution in [1.29, 1.82) is 0 Å². The van der Waals surface area contributed by atoms with Crippen molar-refractivity contribution >= 4 is 34.5 Å². The molecule has 0 aromatic heterocycles. The number of fused-ring (bicyclic) bond motifs is 4. The van der Waals surface area contributed by atoms with Gasteiger partial charge in [0.15, 0.2) is 0 Å². The molecule has 0 heterocycles. The number of phenolic OH excluding ortho intramolecular Hbond substituents is 4. The monoisotopic (exact) mass is 570 g/mol. The summed E-state index contributed by atoms with van der Waals surface area (Å²) in [6.45, 7) is 0. The highest BCUT2D eigenvalue weighted by Crippen LogP contribution is 2.41.